The lowest BCUT2D eigenvalue weighted by molar-refractivity contribution is 0.00578. The second-order valence-electron chi connectivity index (χ2n) is 7.29. The van der Waals surface area contributed by atoms with Crippen molar-refractivity contribution in [3.63, 3.8) is 0 Å². The standard InChI is InChI=1S/C19H28BNO5/c1-18(2)19(3,4)26-20(25-18)15(11-21-5)8-13-9-17(24-7)14(12-22)10-16(13)23-6/h8-10,12,21H,11H2,1-7H3. The van der Waals surface area contributed by atoms with E-state index in [2.05, 4.69) is 5.32 Å². The molecule has 0 atom stereocenters. The van der Waals surface area contributed by atoms with Gasteiger partial charge in [-0.3, -0.25) is 4.79 Å². The first-order valence-electron chi connectivity index (χ1n) is 8.61. The molecule has 6 nitrogen and oxygen atoms in total. The quantitative estimate of drug-likeness (QED) is 0.595. The molecule has 0 radical (unpaired) electrons. The van der Waals surface area contributed by atoms with Crippen molar-refractivity contribution in [2.24, 2.45) is 0 Å². The van der Waals surface area contributed by atoms with E-state index >= 15 is 0 Å². The molecule has 1 aromatic rings. The molecule has 0 saturated carbocycles. The number of nitrogens with one attached hydrogen (secondary N) is 1. The van der Waals surface area contributed by atoms with Gasteiger partial charge >= 0.3 is 7.12 Å². The number of hydrogen-bond donors (Lipinski definition) is 1. The van der Waals surface area contributed by atoms with Crippen molar-refractivity contribution in [1.82, 2.24) is 5.32 Å². The zero-order valence-corrected chi connectivity index (χ0v) is 16.6. The van der Waals surface area contributed by atoms with E-state index < -0.39 is 18.3 Å². The fourth-order valence-corrected chi connectivity index (χ4v) is 2.75. The minimum Gasteiger partial charge on any atom is -0.496 e. The topological polar surface area (TPSA) is 66.0 Å². The van der Waals surface area contributed by atoms with Crippen LogP contribution in [0.5, 0.6) is 11.5 Å². The van der Waals surface area contributed by atoms with Crippen LogP contribution < -0.4 is 14.8 Å². The second-order valence-corrected chi connectivity index (χ2v) is 7.29. The summed E-state index contributed by atoms with van der Waals surface area (Å²) in [5.41, 5.74) is 1.30. The van der Waals surface area contributed by atoms with Gasteiger partial charge in [-0.1, -0.05) is 6.08 Å². The molecule has 0 amide bonds. The molecule has 0 aromatic heterocycles. The average molecular weight is 361 g/mol. The lowest BCUT2D eigenvalue weighted by atomic mass is 9.77. The van der Waals surface area contributed by atoms with Crippen molar-refractivity contribution in [2.45, 2.75) is 38.9 Å². The normalized spacial score (nSPS) is 18.7. The number of carbonyl (C=O) groups is 1. The Balaban J connectivity index is 2.48. The Morgan fingerprint density at radius 3 is 2.04 bits per heavy atom. The minimum absolute atomic E-state index is 0.423. The molecule has 1 saturated heterocycles. The molecule has 2 rings (SSSR count). The van der Waals surface area contributed by atoms with Crippen LogP contribution in [-0.2, 0) is 9.31 Å². The molecule has 1 N–H and O–H groups in total. The third kappa shape index (κ3) is 3.95. The summed E-state index contributed by atoms with van der Waals surface area (Å²) in [5.74, 6) is 1.07. The van der Waals surface area contributed by atoms with Gasteiger partial charge in [-0.05, 0) is 52.3 Å². The van der Waals surface area contributed by atoms with E-state index in [4.69, 9.17) is 18.8 Å². The van der Waals surface area contributed by atoms with Crippen LogP contribution in [0.2, 0.25) is 0 Å². The van der Waals surface area contributed by atoms with Crippen LogP contribution >= 0.6 is 0 Å². The maximum Gasteiger partial charge on any atom is 0.491 e. The van der Waals surface area contributed by atoms with Crippen LogP contribution in [0.15, 0.2) is 17.6 Å². The molecular weight excluding hydrogens is 333 g/mol. The molecule has 0 unspecified atom stereocenters. The maximum atomic E-state index is 11.2. The number of likely N-dealkylation sites (N-methyl/N-ethyl adjacent to an activating group) is 1. The van der Waals surface area contributed by atoms with E-state index in [1.807, 2.05) is 40.8 Å². The Labute approximate surface area is 156 Å². The Morgan fingerprint density at radius 2 is 1.58 bits per heavy atom. The first kappa shape index (κ1) is 20.5. The van der Waals surface area contributed by atoms with Gasteiger partial charge < -0.3 is 24.1 Å². The van der Waals surface area contributed by atoms with Gasteiger partial charge in [0, 0.05) is 12.1 Å². The summed E-state index contributed by atoms with van der Waals surface area (Å²) in [5, 5.41) is 3.15. The summed E-state index contributed by atoms with van der Waals surface area (Å²) in [4.78, 5) is 11.2. The summed E-state index contributed by atoms with van der Waals surface area (Å²) >= 11 is 0. The Hall–Kier alpha value is -1.83. The summed E-state index contributed by atoms with van der Waals surface area (Å²) in [6.45, 7) is 8.66. The molecule has 0 spiro atoms. The van der Waals surface area contributed by atoms with Crippen LogP contribution in [0.4, 0.5) is 0 Å². The van der Waals surface area contributed by atoms with Crippen LogP contribution in [0.3, 0.4) is 0 Å². The fraction of sp³-hybridized carbons (Fsp3) is 0.526. The van der Waals surface area contributed by atoms with Gasteiger partial charge in [0.25, 0.3) is 0 Å². The largest absolute Gasteiger partial charge is 0.496 e. The van der Waals surface area contributed by atoms with Crippen LogP contribution in [0, 0.1) is 0 Å². The number of methoxy groups -OCH3 is 2. The highest BCUT2D eigenvalue weighted by molar-refractivity contribution is 6.56. The van der Waals surface area contributed by atoms with Gasteiger partial charge in [-0.25, -0.2) is 0 Å². The van der Waals surface area contributed by atoms with E-state index in [1.165, 1.54) is 7.11 Å². The lowest BCUT2D eigenvalue weighted by Crippen LogP contribution is -2.41. The summed E-state index contributed by atoms with van der Waals surface area (Å²) < 4.78 is 23.1. The lowest BCUT2D eigenvalue weighted by Gasteiger charge is -2.32. The highest BCUT2D eigenvalue weighted by Gasteiger charge is 2.52. The van der Waals surface area contributed by atoms with Gasteiger partial charge in [-0.15, -0.1) is 0 Å². The van der Waals surface area contributed by atoms with E-state index in [9.17, 15) is 4.79 Å². The van der Waals surface area contributed by atoms with Gasteiger partial charge in [-0.2, -0.15) is 0 Å². The third-order valence-electron chi connectivity index (χ3n) is 4.99. The average Bonchev–Trinajstić information content (AvgIpc) is 2.81. The Morgan fingerprint density at radius 1 is 1.08 bits per heavy atom. The van der Waals surface area contributed by atoms with Crippen molar-refractivity contribution in [3.05, 3.63) is 28.7 Å². The first-order chi connectivity index (χ1) is 12.2. The molecule has 1 aliphatic heterocycles. The van der Waals surface area contributed by atoms with Gasteiger partial charge in [0.05, 0.1) is 31.0 Å². The van der Waals surface area contributed by atoms with Crippen molar-refractivity contribution in [2.75, 3.05) is 27.8 Å². The highest BCUT2D eigenvalue weighted by atomic mass is 16.7. The van der Waals surface area contributed by atoms with E-state index in [1.54, 1.807) is 19.2 Å². The number of ether oxygens (including phenoxy) is 2. The van der Waals surface area contributed by atoms with Crippen molar-refractivity contribution >= 4 is 19.5 Å². The minimum atomic E-state index is -0.478. The predicted molar refractivity (Wildman–Crippen MR) is 103 cm³/mol. The molecule has 1 fully saturated rings. The molecule has 7 heteroatoms. The molecule has 0 bridgehead atoms. The van der Waals surface area contributed by atoms with Crippen molar-refractivity contribution in [1.29, 1.82) is 0 Å². The van der Waals surface area contributed by atoms with E-state index in [0.29, 0.717) is 23.6 Å². The second kappa shape index (κ2) is 7.82. The molecule has 1 heterocycles. The Kier molecular flexibility index (Phi) is 6.16. The maximum absolute atomic E-state index is 11.2. The summed E-state index contributed by atoms with van der Waals surface area (Å²) in [7, 11) is 4.49. The smallest absolute Gasteiger partial charge is 0.491 e. The van der Waals surface area contributed by atoms with E-state index in [-0.39, 0.29) is 0 Å². The molecule has 142 valence electrons. The van der Waals surface area contributed by atoms with Crippen LogP contribution in [0.25, 0.3) is 6.08 Å². The summed E-state index contributed by atoms with van der Waals surface area (Å²) in [6, 6.07) is 3.45. The van der Waals surface area contributed by atoms with E-state index in [0.717, 1.165) is 17.3 Å². The highest BCUT2D eigenvalue weighted by Crippen LogP contribution is 2.39. The number of aldehydes is 1. The number of benzene rings is 1. The third-order valence-corrected chi connectivity index (χ3v) is 4.99. The zero-order chi connectivity index (χ0) is 19.5. The SMILES string of the molecule is CNCC(=Cc1cc(OC)c(C=O)cc1OC)B1OC(C)(C)C(C)(C)O1. The van der Waals surface area contributed by atoms with Gasteiger partial charge in [0.2, 0.25) is 0 Å². The molecule has 1 aliphatic rings. The van der Waals surface area contributed by atoms with Gasteiger partial charge in [0.15, 0.2) is 6.29 Å². The van der Waals surface area contributed by atoms with Crippen molar-refractivity contribution in [3.8, 4) is 11.5 Å². The summed E-state index contributed by atoms with van der Waals surface area (Å²) in [6.07, 6.45) is 2.70. The molecule has 26 heavy (non-hydrogen) atoms. The zero-order valence-electron chi connectivity index (χ0n) is 16.6. The number of rotatable bonds is 7. The molecule has 0 aliphatic carbocycles. The predicted octanol–water partition coefficient (Wildman–Crippen LogP) is 2.75. The fourth-order valence-electron chi connectivity index (χ4n) is 2.75. The monoisotopic (exact) mass is 361 g/mol. The number of carbonyl (C=O) groups excluding carboxylic acids is 1. The van der Waals surface area contributed by atoms with Crippen LogP contribution in [-0.4, -0.2) is 52.4 Å². The van der Waals surface area contributed by atoms with Crippen LogP contribution in [0.1, 0.15) is 43.6 Å². The molecular formula is C19H28BNO5. The number of hydrogen-bond acceptors (Lipinski definition) is 6. The van der Waals surface area contributed by atoms with Crippen molar-refractivity contribution < 1.29 is 23.6 Å². The van der Waals surface area contributed by atoms with Gasteiger partial charge in [0.1, 0.15) is 11.5 Å². The molecule has 1 aromatic carbocycles. The first-order valence-corrected chi connectivity index (χ1v) is 8.61. The Bertz CT molecular complexity index is 683.